The molecule has 2 aromatic carbocycles. The van der Waals surface area contributed by atoms with E-state index in [2.05, 4.69) is 14.7 Å². The van der Waals surface area contributed by atoms with Gasteiger partial charge in [-0.3, -0.25) is 10.0 Å². The molecule has 3 N–H and O–H groups in total. The summed E-state index contributed by atoms with van der Waals surface area (Å²) < 4.78 is 28.4. The Labute approximate surface area is 173 Å². The molecule has 10 heteroatoms. The molecule has 1 aromatic heterocycles. The van der Waals surface area contributed by atoms with Gasteiger partial charge in [-0.05, 0) is 35.7 Å². The predicted molar refractivity (Wildman–Crippen MR) is 111 cm³/mol. The van der Waals surface area contributed by atoms with Crippen LogP contribution in [0.5, 0.6) is 0 Å². The van der Waals surface area contributed by atoms with Crippen LogP contribution < -0.4 is 15.1 Å². The van der Waals surface area contributed by atoms with E-state index in [0.29, 0.717) is 31.9 Å². The molecule has 9 nitrogen and oxygen atoms in total. The van der Waals surface area contributed by atoms with Gasteiger partial charge in [0, 0.05) is 31.5 Å². The SMILES string of the molecule is O=C(NO)c1cnc(N2CCC(NS(=O)(=O)c3ccc4ccccc4c3)CC2)nc1. The Morgan fingerprint density at radius 2 is 1.70 bits per heavy atom. The number of fused-ring (bicyclic) bond motifs is 1. The number of amides is 1. The summed E-state index contributed by atoms with van der Waals surface area (Å²) in [6, 6.07) is 12.6. The number of carbonyl (C=O) groups is 1. The number of hydroxylamine groups is 1. The van der Waals surface area contributed by atoms with Crippen molar-refractivity contribution in [3.63, 3.8) is 0 Å². The van der Waals surface area contributed by atoms with Crippen LogP contribution in [0.1, 0.15) is 23.2 Å². The van der Waals surface area contributed by atoms with Crippen LogP contribution in [-0.4, -0.2) is 48.6 Å². The number of rotatable bonds is 5. The molecular weight excluding hydrogens is 406 g/mol. The molecule has 1 fully saturated rings. The molecule has 4 rings (SSSR count). The Morgan fingerprint density at radius 3 is 2.37 bits per heavy atom. The first-order valence-corrected chi connectivity index (χ1v) is 11.0. The Balaban J connectivity index is 1.39. The summed E-state index contributed by atoms with van der Waals surface area (Å²) in [4.78, 5) is 21.8. The lowest BCUT2D eigenvalue weighted by molar-refractivity contribution is 0.0705. The van der Waals surface area contributed by atoms with Crippen LogP contribution in [-0.2, 0) is 10.0 Å². The zero-order valence-corrected chi connectivity index (χ0v) is 16.8. The van der Waals surface area contributed by atoms with Crippen molar-refractivity contribution in [2.45, 2.75) is 23.8 Å². The first-order valence-electron chi connectivity index (χ1n) is 9.49. The van der Waals surface area contributed by atoms with Gasteiger partial charge in [0.05, 0.1) is 10.5 Å². The average molecular weight is 427 g/mol. The number of aromatic nitrogens is 2. The predicted octanol–water partition coefficient (Wildman–Crippen LogP) is 1.70. The average Bonchev–Trinajstić information content (AvgIpc) is 2.78. The van der Waals surface area contributed by atoms with E-state index in [1.165, 1.54) is 17.9 Å². The van der Waals surface area contributed by atoms with Gasteiger partial charge in [-0.1, -0.05) is 30.3 Å². The maximum Gasteiger partial charge on any atom is 0.277 e. The molecule has 1 aliphatic rings. The minimum absolute atomic E-state index is 0.152. The van der Waals surface area contributed by atoms with E-state index in [1.807, 2.05) is 35.2 Å². The topological polar surface area (TPSA) is 125 Å². The fourth-order valence-electron chi connectivity index (χ4n) is 3.49. The fourth-order valence-corrected chi connectivity index (χ4v) is 4.83. The summed E-state index contributed by atoms with van der Waals surface area (Å²) in [5.74, 6) is -0.219. The molecule has 0 spiro atoms. The number of anilines is 1. The van der Waals surface area contributed by atoms with E-state index >= 15 is 0 Å². The van der Waals surface area contributed by atoms with Crippen molar-refractivity contribution in [2.24, 2.45) is 0 Å². The number of carbonyl (C=O) groups excluding carboxylic acids is 1. The standard InChI is InChI=1S/C20H21N5O4S/c26-19(23-27)16-12-21-20(22-13-16)25-9-7-17(8-10-25)24-30(28,29)18-6-5-14-3-1-2-4-15(14)11-18/h1-6,11-13,17,24,27H,7-10H2,(H,23,26). The summed E-state index contributed by atoms with van der Waals surface area (Å²) in [7, 11) is -3.62. The number of hydrogen-bond acceptors (Lipinski definition) is 7. The van der Waals surface area contributed by atoms with Crippen LogP contribution in [0.3, 0.4) is 0 Å². The molecule has 0 atom stereocenters. The van der Waals surface area contributed by atoms with Crippen LogP contribution in [0.25, 0.3) is 10.8 Å². The summed E-state index contributed by atoms with van der Waals surface area (Å²) in [5, 5.41) is 10.5. The lowest BCUT2D eigenvalue weighted by Gasteiger charge is -2.32. The smallest absolute Gasteiger partial charge is 0.277 e. The van der Waals surface area contributed by atoms with Crippen LogP contribution in [0.2, 0.25) is 0 Å². The second kappa shape index (κ2) is 8.34. The van der Waals surface area contributed by atoms with Gasteiger partial charge in [0.25, 0.3) is 5.91 Å². The zero-order valence-electron chi connectivity index (χ0n) is 16.0. The molecule has 1 aliphatic heterocycles. The van der Waals surface area contributed by atoms with E-state index in [1.54, 1.807) is 12.1 Å². The molecule has 30 heavy (non-hydrogen) atoms. The van der Waals surface area contributed by atoms with Crippen LogP contribution >= 0.6 is 0 Å². The Morgan fingerprint density at radius 1 is 1.03 bits per heavy atom. The van der Waals surface area contributed by atoms with E-state index in [-0.39, 0.29) is 16.5 Å². The van der Waals surface area contributed by atoms with Crippen molar-refractivity contribution in [2.75, 3.05) is 18.0 Å². The quantitative estimate of drug-likeness (QED) is 0.418. The molecule has 1 amide bonds. The van der Waals surface area contributed by atoms with Gasteiger partial charge >= 0.3 is 0 Å². The van der Waals surface area contributed by atoms with Crippen molar-refractivity contribution < 1.29 is 18.4 Å². The van der Waals surface area contributed by atoms with Gasteiger partial charge in [-0.15, -0.1) is 0 Å². The van der Waals surface area contributed by atoms with Crippen molar-refractivity contribution in [3.8, 4) is 0 Å². The Bertz CT molecular complexity index is 1160. The number of piperidine rings is 1. The van der Waals surface area contributed by atoms with Crippen molar-refractivity contribution in [1.29, 1.82) is 0 Å². The van der Waals surface area contributed by atoms with Gasteiger partial charge in [-0.25, -0.2) is 28.6 Å². The number of nitrogens with one attached hydrogen (secondary N) is 2. The van der Waals surface area contributed by atoms with Crippen LogP contribution in [0, 0.1) is 0 Å². The largest absolute Gasteiger partial charge is 0.341 e. The number of sulfonamides is 1. The minimum Gasteiger partial charge on any atom is -0.341 e. The zero-order chi connectivity index (χ0) is 21.1. The van der Waals surface area contributed by atoms with Crippen molar-refractivity contribution in [1.82, 2.24) is 20.2 Å². The molecule has 0 aliphatic carbocycles. The third kappa shape index (κ3) is 4.25. The normalized spacial score (nSPS) is 15.3. The second-order valence-electron chi connectivity index (χ2n) is 7.10. The van der Waals surface area contributed by atoms with E-state index in [9.17, 15) is 13.2 Å². The van der Waals surface area contributed by atoms with Crippen LogP contribution in [0.15, 0.2) is 59.8 Å². The van der Waals surface area contributed by atoms with Gasteiger partial charge in [-0.2, -0.15) is 0 Å². The van der Waals surface area contributed by atoms with Gasteiger partial charge in [0.15, 0.2) is 0 Å². The summed E-state index contributed by atoms with van der Waals surface area (Å²) >= 11 is 0. The molecule has 3 aromatic rings. The highest BCUT2D eigenvalue weighted by Crippen LogP contribution is 2.21. The number of hydrogen-bond donors (Lipinski definition) is 3. The lowest BCUT2D eigenvalue weighted by atomic mass is 10.1. The van der Waals surface area contributed by atoms with Crippen molar-refractivity contribution >= 4 is 32.7 Å². The highest BCUT2D eigenvalue weighted by Gasteiger charge is 2.26. The van der Waals surface area contributed by atoms with Gasteiger partial charge in [0.2, 0.25) is 16.0 Å². The van der Waals surface area contributed by atoms with Gasteiger partial charge in [0.1, 0.15) is 0 Å². The number of nitrogens with zero attached hydrogens (tertiary/aromatic N) is 3. The summed E-state index contributed by atoms with van der Waals surface area (Å²) in [6.07, 6.45) is 3.88. The lowest BCUT2D eigenvalue weighted by Crippen LogP contribution is -2.45. The molecule has 0 unspecified atom stereocenters. The molecule has 2 heterocycles. The van der Waals surface area contributed by atoms with E-state index in [0.717, 1.165) is 10.8 Å². The van der Waals surface area contributed by atoms with Crippen molar-refractivity contribution in [3.05, 3.63) is 60.4 Å². The van der Waals surface area contributed by atoms with Gasteiger partial charge < -0.3 is 4.90 Å². The molecule has 0 saturated carbocycles. The molecular formula is C20H21N5O4S. The maximum atomic E-state index is 12.8. The highest BCUT2D eigenvalue weighted by molar-refractivity contribution is 7.89. The second-order valence-corrected chi connectivity index (χ2v) is 8.82. The number of benzene rings is 2. The molecule has 0 bridgehead atoms. The monoisotopic (exact) mass is 427 g/mol. The highest BCUT2D eigenvalue weighted by atomic mass is 32.2. The molecule has 0 radical (unpaired) electrons. The van der Waals surface area contributed by atoms with E-state index < -0.39 is 15.9 Å². The third-order valence-electron chi connectivity index (χ3n) is 5.13. The first kappa shape index (κ1) is 20.2. The van der Waals surface area contributed by atoms with Crippen LogP contribution in [0.4, 0.5) is 5.95 Å². The Kier molecular flexibility index (Phi) is 5.62. The Hall–Kier alpha value is -3.08. The molecule has 1 saturated heterocycles. The molecule has 156 valence electrons. The summed E-state index contributed by atoms with van der Waals surface area (Å²) in [5.41, 5.74) is 1.69. The minimum atomic E-state index is -3.62. The maximum absolute atomic E-state index is 12.8. The fraction of sp³-hybridized carbons (Fsp3) is 0.250. The first-order chi connectivity index (χ1) is 14.5. The van der Waals surface area contributed by atoms with E-state index in [4.69, 9.17) is 5.21 Å². The third-order valence-corrected chi connectivity index (χ3v) is 6.65. The summed E-state index contributed by atoms with van der Waals surface area (Å²) in [6.45, 7) is 1.16.